The SMILES string of the molecule is CC(=O)c1ccc(F)c(C(O)C(O)CCO)c1. The highest BCUT2D eigenvalue weighted by Gasteiger charge is 2.21. The molecule has 1 aromatic rings. The van der Waals surface area contributed by atoms with Crippen LogP contribution in [0.3, 0.4) is 0 Å². The Morgan fingerprint density at radius 2 is 2.06 bits per heavy atom. The van der Waals surface area contributed by atoms with Crippen molar-refractivity contribution in [2.45, 2.75) is 25.6 Å². The largest absolute Gasteiger partial charge is 0.396 e. The number of hydrogen-bond donors (Lipinski definition) is 3. The van der Waals surface area contributed by atoms with E-state index in [1.54, 1.807) is 0 Å². The lowest BCUT2D eigenvalue weighted by Gasteiger charge is -2.18. The Hall–Kier alpha value is -1.30. The van der Waals surface area contributed by atoms with E-state index in [9.17, 15) is 19.4 Å². The van der Waals surface area contributed by atoms with Crippen LogP contribution in [0.5, 0.6) is 0 Å². The maximum atomic E-state index is 13.4. The Morgan fingerprint density at radius 1 is 1.41 bits per heavy atom. The number of rotatable bonds is 5. The van der Waals surface area contributed by atoms with Gasteiger partial charge in [0.05, 0.1) is 6.10 Å². The minimum atomic E-state index is -1.46. The Bertz CT molecular complexity index is 405. The molecular weight excluding hydrogens is 227 g/mol. The third kappa shape index (κ3) is 3.33. The summed E-state index contributed by atoms with van der Waals surface area (Å²) in [7, 11) is 0. The maximum absolute atomic E-state index is 13.4. The molecule has 94 valence electrons. The molecule has 0 aromatic heterocycles. The van der Waals surface area contributed by atoms with E-state index in [1.165, 1.54) is 19.1 Å². The van der Waals surface area contributed by atoms with Gasteiger partial charge in [-0.1, -0.05) is 0 Å². The zero-order valence-corrected chi connectivity index (χ0v) is 9.43. The van der Waals surface area contributed by atoms with Crippen LogP contribution in [0.15, 0.2) is 18.2 Å². The average molecular weight is 242 g/mol. The van der Waals surface area contributed by atoms with Gasteiger partial charge in [0.15, 0.2) is 5.78 Å². The normalized spacial score (nSPS) is 14.4. The summed E-state index contributed by atoms with van der Waals surface area (Å²) in [6.07, 6.45) is -2.79. The second kappa shape index (κ2) is 5.86. The van der Waals surface area contributed by atoms with Crippen molar-refractivity contribution in [2.24, 2.45) is 0 Å². The van der Waals surface area contributed by atoms with E-state index in [4.69, 9.17) is 5.11 Å². The lowest BCUT2D eigenvalue weighted by Crippen LogP contribution is -2.20. The highest BCUT2D eigenvalue weighted by atomic mass is 19.1. The van der Waals surface area contributed by atoms with Gasteiger partial charge in [0, 0.05) is 17.7 Å². The predicted octanol–water partition coefficient (Wildman–Crippen LogP) is 0.805. The second-order valence-corrected chi connectivity index (χ2v) is 3.82. The van der Waals surface area contributed by atoms with Gasteiger partial charge >= 0.3 is 0 Å². The lowest BCUT2D eigenvalue weighted by atomic mass is 9.98. The van der Waals surface area contributed by atoms with Crippen molar-refractivity contribution in [1.82, 2.24) is 0 Å². The number of ketones is 1. The molecule has 0 aliphatic carbocycles. The van der Waals surface area contributed by atoms with E-state index < -0.39 is 18.0 Å². The number of benzene rings is 1. The molecule has 0 amide bonds. The number of carbonyl (C=O) groups is 1. The Kier molecular flexibility index (Phi) is 4.74. The van der Waals surface area contributed by atoms with Gasteiger partial charge in [-0.05, 0) is 31.5 Å². The van der Waals surface area contributed by atoms with Gasteiger partial charge in [-0.25, -0.2) is 4.39 Å². The van der Waals surface area contributed by atoms with Gasteiger partial charge in [-0.3, -0.25) is 4.79 Å². The zero-order chi connectivity index (χ0) is 13.0. The summed E-state index contributed by atoms with van der Waals surface area (Å²) >= 11 is 0. The van der Waals surface area contributed by atoms with Gasteiger partial charge in [0.1, 0.15) is 11.9 Å². The first-order valence-corrected chi connectivity index (χ1v) is 5.24. The maximum Gasteiger partial charge on any atom is 0.159 e. The fraction of sp³-hybridized carbons (Fsp3) is 0.417. The molecule has 1 rings (SSSR count). The van der Waals surface area contributed by atoms with Crippen LogP contribution in [0.1, 0.15) is 35.4 Å². The van der Waals surface area contributed by atoms with Gasteiger partial charge in [-0.15, -0.1) is 0 Å². The molecule has 1 aromatic carbocycles. The van der Waals surface area contributed by atoms with Crippen LogP contribution in [-0.4, -0.2) is 33.8 Å². The van der Waals surface area contributed by atoms with Crippen molar-refractivity contribution in [2.75, 3.05) is 6.61 Å². The molecule has 2 unspecified atom stereocenters. The highest BCUT2D eigenvalue weighted by molar-refractivity contribution is 5.94. The molecule has 2 atom stereocenters. The van der Waals surface area contributed by atoms with E-state index >= 15 is 0 Å². The van der Waals surface area contributed by atoms with Crippen molar-refractivity contribution in [3.05, 3.63) is 35.1 Å². The van der Waals surface area contributed by atoms with Crippen LogP contribution < -0.4 is 0 Å². The van der Waals surface area contributed by atoms with Crippen LogP contribution in [-0.2, 0) is 0 Å². The molecule has 0 aliphatic heterocycles. The Balaban J connectivity index is 3.03. The van der Waals surface area contributed by atoms with E-state index in [2.05, 4.69) is 0 Å². The summed E-state index contributed by atoms with van der Waals surface area (Å²) < 4.78 is 13.4. The van der Waals surface area contributed by atoms with Crippen LogP contribution in [0.25, 0.3) is 0 Å². The van der Waals surface area contributed by atoms with Crippen molar-refractivity contribution < 1.29 is 24.5 Å². The van der Waals surface area contributed by atoms with Crippen LogP contribution in [0, 0.1) is 5.82 Å². The quantitative estimate of drug-likeness (QED) is 0.667. The van der Waals surface area contributed by atoms with Gasteiger partial charge in [0.2, 0.25) is 0 Å². The fourth-order valence-corrected chi connectivity index (χ4v) is 1.49. The minimum absolute atomic E-state index is 0.0646. The zero-order valence-electron chi connectivity index (χ0n) is 9.43. The lowest BCUT2D eigenvalue weighted by molar-refractivity contribution is 0.00233. The van der Waals surface area contributed by atoms with E-state index in [-0.39, 0.29) is 29.9 Å². The molecule has 0 heterocycles. The molecule has 3 N–H and O–H groups in total. The summed E-state index contributed by atoms with van der Waals surface area (Å²) in [5.74, 6) is -0.949. The molecule has 0 saturated heterocycles. The Morgan fingerprint density at radius 3 is 2.59 bits per heavy atom. The van der Waals surface area contributed by atoms with Gasteiger partial charge in [-0.2, -0.15) is 0 Å². The smallest absolute Gasteiger partial charge is 0.159 e. The van der Waals surface area contributed by atoms with Gasteiger partial charge < -0.3 is 15.3 Å². The number of hydrogen-bond acceptors (Lipinski definition) is 4. The van der Waals surface area contributed by atoms with Crippen molar-refractivity contribution >= 4 is 5.78 Å². The van der Waals surface area contributed by atoms with Crippen molar-refractivity contribution in [3.63, 3.8) is 0 Å². The molecule has 17 heavy (non-hydrogen) atoms. The second-order valence-electron chi connectivity index (χ2n) is 3.82. The number of Topliss-reactive ketones (excluding diaryl/α,β-unsaturated/α-hetero) is 1. The first-order chi connectivity index (χ1) is 7.97. The molecule has 0 saturated carbocycles. The molecule has 5 heteroatoms. The summed E-state index contributed by atoms with van der Waals surface area (Å²) in [5, 5.41) is 27.8. The Labute approximate surface area is 98.3 Å². The fourth-order valence-electron chi connectivity index (χ4n) is 1.49. The first-order valence-electron chi connectivity index (χ1n) is 5.24. The van der Waals surface area contributed by atoms with Crippen molar-refractivity contribution in [3.8, 4) is 0 Å². The number of carbonyl (C=O) groups excluding carboxylic acids is 1. The molecule has 4 nitrogen and oxygen atoms in total. The summed E-state index contributed by atoms with van der Waals surface area (Å²) in [4.78, 5) is 11.1. The summed E-state index contributed by atoms with van der Waals surface area (Å²) in [6.45, 7) is 1.01. The van der Waals surface area contributed by atoms with E-state index in [1.807, 2.05) is 0 Å². The van der Waals surface area contributed by atoms with Crippen LogP contribution in [0.2, 0.25) is 0 Å². The summed E-state index contributed by atoms with van der Waals surface area (Å²) in [5.41, 5.74) is 0.121. The van der Waals surface area contributed by atoms with Crippen LogP contribution >= 0.6 is 0 Å². The number of aliphatic hydroxyl groups excluding tert-OH is 3. The minimum Gasteiger partial charge on any atom is -0.396 e. The van der Waals surface area contributed by atoms with Gasteiger partial charge in [0.25, 0.3) is 0 Å². The predicted molar refractivity (Wildman–Crippen MR) is 59.1 cm³/mol. The molecule has 0 aliphatic rings. The number of halogens is 1. The highest BCUT2D eigenvalue weighted by Crippen LogP contribution is 2.23. The molecule has 0 bridgehead atoms. The third-order valence-corrected chi connectivity index (χ3v) is 2.51. The molecular formula is C12H15FO4. The molecule has 0 radical (unpaired) electrons. The standard InChI is InChI=1S/C12H15FO4/c1-7(15)8-2-3-10(13)9(6-8)12(17)11(16)4-5-14/h2-3,6,11-12,14,16-17H,4-5H2,1H3. The van der Waals surface area contributed by atoms with E-state index in [0.29, 0.717) is 0 Å². The monoisotopic (exact) mass is 242 g/mol. The van der Waals surface area contributed by atoms with Crippen LogP contribution in [0.4, 0.5) is 4.39 Å². The number of aliphatic hydroxyl groups is 3. The average Bonchev–Trinajstić information content (AvgIpc) is 2.28. The topological polar surface area (TPSA) is 77.8 Å². The molecule has 0 fully saturated rings. The first kappa shape index (κ1) is 13.8. The summed E-state index contributed by atoms with van der Waals surface area (Å²) in [6, 6.07) is 3.59. The van der Waals surface area contributed by atoms with E-state index in [0.717, 1.165) is 6.07 Å². The third-order valence-electron chi connectivity index (χ3n) is 2.51. The molecule has 0 spiro atoms. The van der Waals surface area contributed by atoms with Crippen molar-refractivity contribution in [1.29, 1.82) is 0 Å².